The molecule has 1 aromatic heterocycles. The van der Waals surface area contributed by atoms with Gasteiger partial charge in [-0.25, -0.2) is 4.79 Å². The fraction of sp³-hybridized carbons (Fsp3) is 0.400. The van der Waals surface area contributed by atoms with Crippen LogP contribution in [-0.4, -0.2) is 41.7 Å². The van der Waals surface area contributed by atoms with Crippen LogP contribution in [0.4, 0.5) is 4.79 Å². The quantitative estimate of drug-likeness (QED) is 0.896. The number of nitrogens with one attached hydrogen (secondary N) is 1. The Labute approximate surface area is 114 Å². The predicted molar refractivity (Wildman–Crippen MR) is 78.5 cm³/mol. The molecule has 0 saturated heterocycles. The molecular formula is C15H21N3O. The molecule has 2 rings (SSSR count). The lowest BCUT2D eigenvalue weighted by Crippen LogP contribution is -2.36. The van der Waals surface area contributed by atoms with Crippen LogP contribution in [0.3, 0.4) is 0 Å². The summed E-state index contributed by atoms with van der Waals surface area (Å²) in [7, 11) is 0. The Bertz CT molecular complexity index is 543. The average Bonchev–Trinajstić information content (AvgIpc) is 2.87. The molecule has 0 saturated carbocycles. The van der Waals surface area contributed by atoms with E-state index in [4.69, 9.17) is 0 Å². The minimum atomic E-state index is -0.0617. The van der Waals surface area contributed by atoms with Gasteiger partial charge in [-0.2, -0.15) is 0 Å². The van der Waals surface area contributed by atoms with Gasteiger partial charge in [0.2, 0.25) is 0 Å². The summed E-state index contributed by atoms with van der Waals surface area (Å²) < 4.78 is 1.66. The van der Waals surface area contributed by atoms with Crippen molar-refractivity contribution in [2.24, 2.45) is 0 Å². The van der Waals surface area contributed by atoms with Crippen molar-refractivity contribution < 1.29 is 4.79 Å². The number of fused-ring (bicyclic) bond motifs is 1. The summed E-state index contributed by atoms with van der Waals surface area (Å²) in [6, 6.07) is 9.79. The lowest BCUT2D eigenvalue weighted by atomic mass is 10.2. The van der Waals surface area contributed by atoms with Crippen LogP contribution in [0.5, 0.6) is 0 Å². The molecule has 19 heavy (non-hydrogen) atoms. The van der Waals surface area contributed by atoms with Crippen molar-refractivity contribution in [3.05, 3.63) is 36.5 Å². The van der Waals surface area contributed by atoms with Gasteiger partial charge in [-0.15, -0.1) is 0 Å². The van der Waals surface area contributed by atoms with Crippen LogP contribution in [0.15, 0.2) is 36.5 Å². The molecule has 102 valence electrons. The highest BCUT2D eigenvalue weighted by Gasteiger charge is 2.08. The largest absolute Gasteiger partial charge is 0.336 e. The van der Waals surface area contributed by atoms with Crippen molar-refractivity contribution in [3.8, 4) is 0 Å². The van der Waals surface area contributed by atoms with Gasteiger partial charge in [0.1, 0.15) is 0 Å². The van der Waals surface area contributed by atoms with Crippen molar-refractivity contribution in [2.75, 3.05) is 26.2 Å². The Morgan fingerprint density at radius 3 is 2.68 bits per heavy atom. The summed E-state index contributed by atoms with van der Waals surface area (Å²) in [5.74, 6) is 0. The number of carbonyl (C=O) groups is 1. The molecule has 0 aliphatic carbocycles. The molecular weight excluding hydrogens is 238 g/mol. The number of carbonyl (C=O) groups excluding carboxylic acids is 1. The standard InChI is InChI=1S/C15H21N3O/c1-3-17(4-2)12-10-16-15(19)18-11-9-13-7-5-6-8-14(13)18/h5-9,11H,3-4,10,12H2,1-2H3,(H,16,19). The Hall–Kier alpha value is -1.81. The molecule has 0 bridgehead atoms. The topological polar surface area (TPSA) is 37.3 Å². The highest BCUT2D eigenvalue weighted by Crippen LogP contribution is 2.14. The molecule has 0 unspecified atom stereocenters. The molecule has 0 aliphatic heterocycles. The van der Waals surface area contributed by atoms with E-state index in [0.717, 1.165) is 30.5 Å². The van der Waals surface area contributed by atoms with Crippen molar-refractivity contribution in [3.63, 3.8) is 0 Å². The number of hydrogen-bond donors (Lipinski definition) is 1. The number of amides is 1. The molecule has 1 amide bonds. The van der Waals surface area contributed by atoms with Crippen molar-refractivity contribution in [1.82, 2.24) is 14.8 Å². The van der Waals surface area contributed by atoms with Crippen LogP contribution in [0.2, 0.25) is 0 Å². The first-order chi connectivity index (χ1) is 9.26. The van der Waals surface area contributed by atoms with Crippen molar-refractivity contribution in [1.29, 1.82) is 0 Å². The Kier molecular flexibility index (Phi) is 4.58. The van der Waals surface area contributed by atoms with Gasteiger partial charge >= 0.3 is 6.03 Å². The number of benzene rings is 1. The molecule has 0 aliphatic rings. The Balaban J connectivity index is 1.97. The summed E-state index contributed by atoms with van der Waals surface area (Å²) in [6.45, 7) is 7.85. The van der Waals surface area contributed by atoms with E-state index in [-0.39, 0.29) is 6.03 Å². The first-order valence-corrected chi connectivity index (χ1v) is 6.83. The van der Waals surface area contributed by atoms with E-state index < -0.39 is 0 Å². The third-order valence-corrected chi connectivity index (χ3v) is 3.42. The second kappa shape index (κ2) is 6.38. The van der Waals surface area contributed by atoms with Gasteiger partial charge in [-0.3, -0.25) is 4.57 Å². The maximum absolute atomic E-state index is 12.1. The SMILES string of the molecule is CCN(CC)CCNC(=O)n1ccc2ccccc21. The summed E-state index contributed by atoms with van der Waals surface area (Å²) in [4.78, 5) is 14.4. The number of nitrogens with zero attached hydrogens (tertiary/aromatic N) is 2. The monoisotopic (exact) mass is 259 g/mol. The summed E-state index contributed by atoms with van der Waals surface area (Å²) in [5, 5.41) is 4.04. The van der Waals surface area contributed by atoms with Gasteiger partial charge in [-0.05, 0) is 25.2 Å². The van der Waals surface area contributed by atoms with E-state index in [2.05, 4.69) is 24.1 Å². The minimum absolute atomic E-state index is 0.0617. The van der Waals surface area contributed by atoms with Gasteiger partial charge in [0.15, 0.2) is 0 Å². The molecule has 2 aromatic rings. The molecule has 1 heterocycles. The zero-order valence-electron chi connectivity index (χ0n) is 11.6. The molecule has 4 heteroatoms. The Morgan fingerprint density at radius 1 is 1.21 bits per heavy atom. The van der Waals surface area contributed by atoms with E-state index in [1.54, 1.807) is 4.57 Å². The van der Waals surface area contributed by atoms with Gasteiger partial charge < -0.3 is 10.2 Å². The molecule has 0 atom stereocenters. The first-order valence-electron chi connectivity index (χ1n) is 6.83. The van der Waals surface area contributed by atoms with Crippen LogP contribution in [0.25, 0.3) is 10.9 Å². The normalized spacial score (nSPS) is 11.1. The number of aromatic nitrogens is 1. The number of para-hydroxylation sites is 1. The summed E-state index contributed by atoms with van der Waals surface area (Å²) >= 11 is 0. The molecule has 0 fully saturated rings. The fourth-order valence-electron chi connectivity index (χ4n) is 2.21. The third kappa shape index (κ3) is 3.15. The molecule has 1 N–H and O–H groups in total. The van der Waals surface area contributed by atoms with Gasteiger partial charge in [-0.1, -0.05) is 32.0 Å². The van der Waals surface area contributed by atoms with E-state index in [9.17, 15) is 4.79 Å². The smallest absolute Gasteiger partial charge is 0.326 e. The highest BCUT2D eigenvalue weighted by molar-refractivity contribution is 5.91. The van der Waals surface area contributed by atoms with Gasteiger partial charge in [0.05, 0.1) is 5.52 Å². The zero-order chi connectivity index (χ0) is 13.7. The number of hydrogen-bond acceptors (Lipinski definition) is 2. The lowest BCUT2D eigenvalue weighted by Gasteiger charge is -2.18. The van der Waals surface area contributed by atoms with Crippen molar-refractivity contribution >= 4 is 16.9 Å². The highest BCUT2D eigenvalue weighted by atomic mass is 16.2. The molecule has 1 aromatic carbocycles. The van der Waals surface area contributed by atoms with Crippen LogP contribution >= 0.6 is 0 Å². The van der Waals surface area contributed by atoms with Crippen LogP contribution in [0.1, 0.15) is 13.8 Å². The number of rotatable bonds is 5. The lowest BCUT2D eigenvalue weighted by molar-refractivity contribution is 0.239. The minimum Gasteiger partial charge on any atom is -0.336 e. The van der Waals surface area contributed by atoms with Crippen LogP contribution < -0.4 is 5.32 Å². The summed E-state index contributed by atoms with van der Waals surface area (Å²) in [6.07, 6.45) is 1.82. The second-order valence-corrected chi connectivity index (χ2v) is 4.50. The summed E-state index contributed by atoms with van der Waals surface area (Å²) in [5.41, 5.74) is 0.947. The van der Waals surface area contributed by atoms with Crippen LogP contribution in [-0.2, 0) is 0 Å². The first kappa shape index (κ1) is 13.6. The maximum atomic E-state index is 12.1. The van der Waals surface area contributed by atoms with Crippen LogP contribution in [0, 0.1) is 0 Å². The predicted octanol–water partition coefficient (Wildman–Crippen LogP) is 2.54. The second-order valence-electron chi connectivity index (χ2n) is 4.50. The zero-order valence-corrected chi connectivity index (χ0v) is 11.6. The maximum Gasteiger partial charge on any atom is 0.326 e. The molecule has 0 spiro atoms. The van der Waals surface area contributed by atoms with E-state index in [1.807, 2.05) is 36.5 Å². The molecule has 4 nitrogen and oxygen atoms in total. The van der Waals surface area contributed by atoms with E-state index >= 15 is 0 Å². The fourth-order valence-corrected chi connectivity index (χ4v) is 2.21. The third-order valence-electron chi connectivity index (χ3n) is 3.42. The van der Waals surface area contributed by atoms with Crippen molar-refractivity contribution in [2.45, 2.75) is 13.8 Å². The number of likely N-dealkylation sites (N-methyl/N-ethyl adjacent to an activating group) is 1. The van der Waals surface area contributed by atoms with E-state index in [1.165, 1.54) is 0 Å². The van der Waals surface area contributed by atoms with Gasteiger partial charge in [0, 0.05) is 24.7 Å². The average molecular weight is 259 g/mol. The molecule has 0 radical (unpaired) electrons. The Morgan fingerprint density at radius 2 is 1.95 bits per heavy atom. The van der Waals surface area contributed by atoms with Gasteiger partial charge in [0.25, 0.3) is 0 Å². The van der Waals surface area contributed by atoms with E-state index in [0.29, 0.717) is 6.54 Å².